The van der Waals surface area contributed by atoms with Crippen molar-refractivity contribution in [3.63, 3.8) is 0 Å². The lowest BCUT2D eigenvalue weighted by Gasteiger charge is -2.35. The Hall–Kier alpha value is -2.92. The van der Waals surface area contributed by atoms with Crippen LogP contribution in [0.25, 0.3) is 10.9 Å². The number of hydrogen-bond acceptors (Lipinski definition) is 3. The van der Waals surface area contributed by atoms with E-state index in [1.807, 2.05) is 54.3 Å². The molecule has 0 unspecified atom stereocenters. The van der Waals surface area contributed by atoms with E-state index in [4.69, 9.17) is 11.6 Å². The third-order valence-electron chi connectivity index (χ3n) is 5.66. The fourth-order valence-corrected chi connectivity index (χ4v) is 3.99. The van der Waals surface area contributed by atoms with Crippen molar-refractivity contribution in [1.29, 1.82) is 0 Å². The molecule has 0 bridgehead atoms. The van der Waals surface area contributed by atoms with Gasteiger partial charge < -0.3 is 9.80 Å². The zero-order valence-corrected chi connectivity index (χ0v) is 17.9. The van der Waals surface area contributed by atoms with E-state index in [0.717, 1.165) is 17.3 Å². The Labute approximate surface area is 181 Å². The van der Waals surface area contributed by atoms with Gasteiger partial charge in [-0.3, -0.25) is 14.6 Å². The molecule has 2 amide bonds. The SMILES string of the molecule is CCc1ccc(C(=O)N2CCN(C(=O)c3cc4cc(Cl)ccc4nc3C)CC2)cc1. The Morgan fingerprint density at radius 3 is 2.20 bits per heavy atom. The molecule has 1 aliphatic heterocycles. The number of piperazine rings is 1. The molecule has 5 nitrogen and oxygen atoms in total. The highest BCUT2D eigenvalue weighted by Crippen LogP contribution is 2.22. The summed E-state index contributed by atoms with van der Waals surface area (Å²) >= 11 is 6.09. The molecular formula is C24H24ClN3O2. The molecule has 0 aliphatic carbocycles. The number of aromatic nitrogens is 1. The summed E-state index contributed by atoms with van der Waals surface area (Å²) in [6.45, 7) is 5.99. The lowest BCUT2D eigenvalue weighted by molar-refractivity contribution is 0.0535. The van der Waals surface area contributed by atoms with Crippen LogP contribution in [-0.4, -0.2) is 52.8 Å². The predicted octanol–water partition coefficient (Wildman–Crippen LogP) is 4.36. The maximum absolute atomic E-state index is 13.1. The van der Waals surface area contributed by atoms with E-state index in [2.05, 4.69) is 11.9 Å². The molecule has 6 heteroatoms. The van der Waals surface area contributed by atoms with Crippen LogP contribution in [0, 0.1) is 6.92 Å². The van der Waals surface area contributed by atoms with Crippen LogP contribution in [0.3, 0.4) is 0 Å². The molecule has 0 N–H and O–H groups in total. The Morgan fingerprint density at radius 1 is 0.933 bits per heavy atom. The first-order chi connectivity index (χ1) is 14.5. The topological polar surface area (TPSA) is 53.5 Å². The van der Waals surface area contributed by atoms with Gasteiger partial charge in [0.2, 0.25) is 0 Å². The van der Waals surface area contributed by atoms with Crippen molar-refractivity contribution in [2.24, 2.45) is 0 Å². The largest absolute Gasteiger partial charge is 0.335 e. The van der Waals surface area contributed by atoms with Gasteiger partial charge >= 0.3 is 0 Å². The molecule has 0 atom stereocenters. The quantitative estimate of drug-likeness (QED) is 0.631. The van der Waals surface area contributed by atoms with Crippen molar-refractivity contribution in [1.82, 2.24) is 14.8 Å². The molecule has 1 aromatic heterocycles. The molecule has 2 heterocycles. The van der Waals surface area contributed by atoms with Crippen molar-refractivity contribution in [2.75, 3.05) is 26.2 Å². The summed E-state index contributed by atoms with van der Waals surface area (Å²) in [4.78, 5) is 34.1. The number of fused-ring (bicyclic) bond motifs is 1. The Morgan fingerprint density at radius 2 is 1.57 bits per heavy atom. The number of aryl methyl sites for hydroxylation is 2. The van der Waals surface area contributed by atoms with E-state index >= 15 is 0 Å². The number of benzene rings is 2. The van der Waals surface area contributed by atoms with Crippen LogP contribution >= 0.6 is 11.6 Å². The molecule has 3 aromatic rings. The molecule has 30 heavy (non-hydrogen) atoms. The van der Waals surface area contributed by atoms with Crippen LogP contribution in [0.4, 0.5) is 0 Å². The Balaban J connectivity index is 1.46. The van der Waals surface area contributed by atoms with Gasteiger partial charge in [-0.15, -0.1) is 0 Å². The molecule has 1 saturated heterocycles. The summed E-state index contributed by atoms with van der Waals surface area (Å²) in [5, 5.41) is 1.46. The molecule has 4 rings (SSSR count). The number of rotatable bonds is 3. The second-order valence-electron chi connectivity index (χ2n) is 7.59. The first-order valence-electron chi connectivity index (χ1n) is 10.2. The van der Waals surface area contributed by atoms with Crippen LogP contribution in [0.15, 0.2) is 48.5 Å². The monoisotopic (exact) mass is 421 g/mol. The molecule has 0 spiro atoms. The highest BCUT2D eigenvalue weighted by Gasteiger charge is 2.26. The number of halogens is 1. The van der Waals surface area contributed by atoms with E-state index in [9.17, 15) is 9.59 Å². The van der Waals surface area contributed by atoms with Gasteiger partial charge in [0.25, 0.3) is 11.8 Å². The summed E-state index contributed by atoms with van der Waals surface area (Å²) in [5.41, 5.74) is 4.00. The number of pyridine rings is 1. The second kappa shape index (κ2) is 8.44. The minimum absolute atomic E-state index is 0.0166. The smallest absolute Gasteiger partial charge is 0.255 e. The highest BCUT2D eigenvalue weighted by atomic mass is 35.5. The zero-order chi connectivity index (χ0) is 21.3. The third kappa shape index (κ3) is 4.03. The van der Waals surface area contributed by atoms with E-state index < -0.39 is 0 Å². The molecule has 1 aliphatic rings. The fourth-order valence-electron chi connectivity index (χ4n) is 3.81. The van der Waals surface area contributed by atoms with Gasteiger partial charge in [-0.05, 0) is 55.3 Å². The van der Waals surface area contributed by atoms with Crippen molar-refractivity contribution >= 4 is 34.3 Å². The number of carbonyl (C=O) groups excluding carboxylic acids is 2. The molecule has 1 fully saturated rings. The predicted molar refractivity (Wildman–Crippen MR) is 119 cm³/mol. The van der Waals surface area contributed by atoms with Crippen LogP contribution in [-0.2, 0) is 6.42 Å². The van der Waals surface area contributed by atoms with Gasteiger partial charge in [0.1, 0.15) is 0 Å². The highest BCUT2D eigenvalue weighted by molar-refractivity contribution is 6.31. The van der Waals surface area contributed by atoms with E-state index in [-0.39, 0.29) is 11.8 Å². The number of carbonyl (C=O) groups is 2. The summed E-state index contributed by atoms with van der Waals surface area (Å²) in [6, 6.07) is 15.1. The first kappa shape index (κ1) is 20.4. The lowest BCUT2D eigenvalue weighted by atomic mass is 10.1. The molecule has 0 radical (unpaired) electrons. The van der Waals surface area contributed by atoms with E-state index in [0.29, 0.717) is 48.0 Å². The van der Waals surface area contributed by atoms with Gasteiger partial charge in [0, 0.05) is 42.2 Å². The summed E-state index contributed by atoms with van der Waals surface area (Å²) < 4.78 is 0. The van der Waals surface area contributed by atoms with Crippen molar-refractivity contribution < 1.29 is 9.59 Å². The van der Waals surface area contributed by atoms with Crippen LogP contribution in [0.5, 0.6) is 0 Å². The van der Waals surface area contributed by atoms with Gasteiger partial charge in [0.15, 0.2) is 0 Å². The van der Waals surface area contributed by atoms with Crippen molar-refractivity contribution in [3.8, 4) is 0 Å². The van der Waals surface area contributed by atoms with Crippen LogP contribution < -0.4 is 0 Å². The Bertz CT molecular complexity index is 1100. The van der Waals surface area contributed by atoms with Gasteiger partial charge in [-0.1, -0.05) is 30.7 Å². The molecule has 154 valence electrons. The summed E-state index contributed by atoms with van der Waals surface area (Å²) in [5.74, 6) is -0.0378. The minimum atomic E-state index is -0.0544. The van der Waals surface area contributed by atoms with Crippen molar-refractivity contribution in [3.05, 3.63) is 75.9 Å². The molecule has 2 aromatic carbocycles. The van der Waals surface area contributed by atoms with Crippen molar-refractivity contribution in [2.45, 2.75) is 20.3 Å². The maximum atomic E-state index is 13.1. The summed E-state index contributed by atoms with van der Waals surface area (Å²) in [7, 11) is 0. The summed E-state index contributed by atoms with van der Waals surface area (Å²) in [6.07, 6.45) is 0.949. The van der Waals surface area contributed by atoms with E-state index in [1.165, 1.54) is 5.56 Å². The lowest BCUT2D eigenvalue weighted by Crippen LogP contribution is -2.50. The number of nitrogens with zero attached hydrogens (tertiary/aromatic N) is 3. The van der Waals surface area contributed by atoms with Gasteiger partial charge in [0.05, 0.1) is 16.8 Å². The number of amides is 2. The third-order valence-corrected chi connectivity index (χ3v) is 5.90. The van der Waals surface area contributed by atoms with E-state index in [1.54, 1.807) is 11.0 Å². The normalized spacial score (nSPS) is 14.2. The fraction of sp³-hybridized carbons (Fsp3) is 0.292. The van der Waals surface area contributed by atoms with Gasteiger partial charge in [-0.25, -0.2) is 0 Å². The number of hydrogen-bond donors (Lipinski definition) is 0. The minimum Gasteiger partial charge on any atom is -0.335 e. The zero-order valence-electron chi connectivity index (χ0n) is 17.2. The average Bonchev–Trinajstić information content (AvgIpc) is 2.78. The van der Waals surface area contributed by atoms with Crippen LogP contribution in [0.1, 0.15) is 38.9 Å². The van der Waals surface area contributed by atoms with Crippen LogP contribution in [0.2, 0.25) is 5.02 Å². The average molecular weight is 422 g/mol. The molecule has 0 saturated carbocycles. The Kier molecular flexibility index (Phi) is 5.73. The maximum Gasteiger partial charge on any atom is 0.255 e. The molecular weight excluding hydrogens is 398 g/mol. The van der Waals surface area contributed by atoms with Gasteiger partial charge in [-0.2, -0.15) is 0 Å². The first-order valence-corrected chi connectivity index (χ1v) is 10.6. The standard InChI is InChI=1S/C24H24ClN3O2/c1-3-17-4-6-18(7-5-17)23(29)27-10-12-28(13-11-27)24(30)21-15-19-14-20(25)8-9-22(19)26-16(21)2/h4-9,14-15H,3,10-13H2,1-2H3. The second-order valence-corrected chi connectivity index (χ2v) is 8.03.